The number of hydrogen-bond acceptors (Lipinski definition) is 4. The minimum absolute atomic E-state index is 0.375. The zero-order chi connectivity index (χ0) is 12.2. The van der Waals surface area contributed by atoms with Crippen molar-refractivity contribution >= 4 is 5.69 Å². The molecule has 3 rings (SSSR count). The Bertz CT molecular complexity index is 440. The number of anilines is 1. The van der Waals surface area contributed by atoms with Gasteiger partial charge in [0, 0.05) is 25.7 Å². The molecule has 0 saturated carbocycles. The first-order chi connectivity index (χ1) is 8.93. The first kappa shape index (κ1) is 11.2. The molecule has 0 spiro atoms. The van der Waals surface area contributed by atoms with E-state index in [9.17, 15) is 0 Å². The highest BCUT2D eigenvalue weighted by Crippen LogP contribution is 2.20. The maximum absolute atomic E-state index is 4.08. The van der Waals surface area contributed by atoms with Crippen LogP contribution < -0.4 is 10.2 Å². The van der Waals surface area contributed by atoms with Crippen LogP contribution in [0, 0.1) is 0 Å². The van der Waals surface area contributed by atoms with Crippen molar-refractivity contribution in [2.75, 3.05) is 24.5 Å². The summed E-state index contributed by atoms with van der Waals surface area (Å²) in [5, 5.41) is 3.55. The molecule has 4 nitrogen and oxygen atoms in total. The van der Waals surface area contributed by atoms with E-state index in [4.69, 9.17) is 0 Å². The van der Waals surface area contributed by atoms with Crippen LogP contribution in [0.2, 0.25) is 0 Å². The van der Waals surface area contributed by atoms with Gasteiger partial charge in [-0.05, 0) is 5.56 Å². The van der Waals surface area contributed by atoms with Gasteiger partial charge in [-0.15, -0.1) is 0 Å². The molecule has 2 aromatic rings. The molecule has 1 atom stereocenters. The third-order valence-corrected chi connectivity index (χ3v) is 3.29. The first-order valence-corrected chi connectivity index (χ1v) is 6.22. The van der Waals surface area contributed by atoms with Gasteiger partial charge in [0.2, 0.25) is 0 Å². The zero-order valence-electron chi connectivity index (χ0n) is 10.2. The zero-order valence-corrected chi connectivity index (χ0v) is 10.2. The van der Waals surface area contributed by atoms with Crippen molar-refractivity contribution in [1.82, 2.24) is 15.3 Å². The summed E-state index contributed by atoms with van der Waals surface area (Å²) in [6.07, 6.45) is 5.32. The fraction of sp³-hybridized carbons (Fsp3) is 0.286. The highest BCUT2D eigenvalue weighted by molar-refractivity contribution is 5.43. The van der Waals surface area contributed by atoms with E-state index in [1.165, 1.54) is 5.56 Å². The van der Waals surface area contributed by atoms with Crippen molar-refractivity contribution in [3.63, 3.8) is 0 Å². The van der Waals surface area contributed by atoms with Crippen molar-refractivity contribution < 1.29 is 0 Å². The Labute approximate surface area is 107 Å². The lowest BCUT2D eigenvalue weighted by Gasteiger charge is -2.35. The van der Waals surface area contributed by atoms with Crippen molar-refractivity contribution in [2.45, 2.75) is 6.04 Å². The molecule has 0 aliphatic carbocycles. The fourth-order valence-corrected chi connectivity index (χ4v) is 2.35. The van der Waals surface area contributed by atoms with E-state index in [-0.39, 0.29) is 0 Å². The third-order valence-electron chi connectivity index (χ3n) is 3.29. The van der Waals surface area contributed by atoms with Gasteiger partial charge < -0.3 is 10.2 Å². The molecule has 92 valence electrons. The van der Waals surface area contributed by atoms with Gasteiger partial charge in [0.15, 0.2) is 0 Å². The Morgan fingerprint density at radius 2 is 1.89 bits per heavy atom. The number of piperazine rings is 1. The van der Waals surface area contributed by atoms with Gasteiger partial charge in [0.05, 0.1) is 18.1 Å². The second-order valence-corrected chi connectivity index (χ2v) is 4.46. The average Bonchev–Trinajstić information content (AvgIpc) is 2.49. The Morgan fingerprint density at radius 1 is 1.11 bits per heavy atom. The molecule has 0 amide bonds. The van der Waals surface area contributed by atoms with Crippen LogP contribution in [-0.4, -0.2) is 29.6 Å². The summed E-state index contributed by atoms with van der Waals surface area (Å²) in [5.74, 6) is 0. The highest BCUT2D eigenvalue weighted by Gasteiger charge is 2.20. The number of nitrogens with one attached hydrogen (secondary N) is 1. The molecule has 1 aromatic heterocycles. The standard InChI is InChI=1S/C14H16N4/c1-2-4-12(5-3-1)14-10-18(7-6-17-14)13-8-15-11-16-9-13/h1-5,8-9,11,14,17H,6-7,10H2. The van der Waals surface area contributed by atoms with Gasteiger partial charge in [-0.1, -0.05) is 30.3 Å². The van der Waals surface area contributed by atoms with Crippen LogP contribution in [0.4, 0.5) is 5.69 Å². The molecule has 1 unspecified atom stereocenters. The van der Waals surface area contributed by atoms with Crippen molar-refractivity contribution in [3.8, 4) is 0 Å². The van der Waals surface area contributed by atoms with E-state index in [1.807, 2.05) is 12.4 Å². The van der Waals surface area contributed by atoms with Crippen LogP contribution in [0.25, 0.3) is 0 Å². The summed E-state index contributed by atoms with van der Waals surface area (Å²) < 4.78 is 0. The minimum Gasteiger partial charge on any atom is -0.366 e. The third kappa shape index (κ3) is 2.33. The van der Waals surface area contributed by atoms with Crippen molar-refractivity contribution in [2.24, 2.45) is 0 Å². The van der Waals surface area contributed by atoms with E-state index >= 15 is 0 Å². The molecule has 2 heterocycles. The molecule has 1 saturated heterocycles. The number of aromatic nitrogens is 2. The summed E-state index contributed by atoms with van der Waals surface area (Å²) in [4.78, 5) is 10.5. The molecule has 18 heavy (non-hydrogen) atoms. The molecule has 4 heteroatoms. The van der Waals surface area contributed by atoms with E-state index in [1.54, 1.807) is 6.33 Å². The van der Waals surface area contributed by atoms with Crippen LogP contribution in [0.15, 0.2) is 49.1 Å². The summed E-state index contributed by atoms with van der Waals surface area (Å²) in [6, 6.07) is 10.9. The first-order valence-electron chi connectivity index (χ1n) is 6.22. The monoisotopic (exact) mass is 240 g/mol. The Kier molecular flexibility index (Phi) is 3.19. The lowest BCUT2D eigenvalue weighted by atomic mass is 10.0. The molecule has 1 aromatic carbocycles. The molecule has 0 radical (unpaired) electrons. The van der Waals surface area contributed by atoms with Crippen LogP contribution in [0.3, 0.4) is 0 Å². The fourth-order valence-electron chi connectivity index (χ4n) is 2.35. The van der Waals surface area contributed by atoms with E-state index in [2.05, 4.69) is 50.5 Å². The molecular formula is C14H16N4. The predicted octanol–water partition coefficient (Wildman–Crippen LogP) is 1.63. The van der Waals surface area contributed by atoms with Gasteiger partial charge in [0.25, 0.3) is 0 Å². The van der Waals surface area contributed by atoms with Crippen LogP contribution in [0.5, 0.6) is 0 Å². The predicted molar refractivity (Wildman–Crippen MR) is 71.4 cm³/mol. The molecular weight excluding hydrogens is 224 g/mol. The number of benzene rings is 1. The number of nitrogens with zero attached hydrogens (tertiary/aromatic N) is 3. The second-order valence-electron chi connectivity index (χ2n) is 4.46. The Balaban J connectivity index is 1.77. The molecule has 1 fully saturated rings. The Hall–Kier alpha value is -1.94. The molecule has 1 aliphatic heterocycles. The molecule has 0 bridgehead atoms. The minimum atomic E-state index is 0.375. The summed E-state index contributed by atoms with van der Waals surface area (Å²) in [6.45, 7) is 2.93. The average molecular weight is 240 g/mol. The van der Waals surface area contributed by atoms with Crippen LogP contribution >= 0.6 is 0 Å². The smallest absolute Gasteiger partial charge is 0.115 e. The lowest BCUT2D eigenvalue weighted by Crippen LogP contribution is -2.45. The maximum atomic E-state index is 4.08. The van der Waals surface area contributed by atoms with Gasteiger partial charge in [-0.2, -0.15) is 0 Å². The lowest BCUT2D eigenvalue weighted by molar-refractivity contribution is 0.471. The second kappa shape index (κ2) is 5.14. The maximum Gasteiger partial charge on any atom is 0.115 e. The van der Waals surface area contributed by atoms with E-state index < -0.39 is 0 Å². The summed E-state index contributed by atoms with van der Waals surface area (Å²) >= 11 is 0. The van der Waals surface area contributed by atoms with Gasteiger partial charge in [0.1, 0.15) is 6.33 Å². The van der Waals surface area contributed by atoms with Gasteiger partial charge in [-0.25, -0.2) is 9.97 Å². The quantitative estimate of drug-likeness (QED) is 0.866. The normalized spacial score (nSPS) is 19.8. The van der Waals surface area contributed by atoms with Crippen LogP contribution in [0.1, 0.15) is 11.6 Å². The SMILES string of the molecule is c1ccc(C2CN(c3cncnc3)CCN2)cc1. The summed E-state index contributed by atoms with van der Waals surface area (Å²) in [7, 11) is 0. The van der Waals surface area contributed by atoms with E-state index in [0.717, 1.165) is 25.3 Å². The summed E-state index contributed by atoms with van der Waals surface area (Å²) in [5.41, 5.74) is 2.43. The van der Waals surface area contributed by atoms with Crippen molar-refractivity contribution in [1.29, 1.82) is 0 Å². The van der Waals surface area contributed by atoms with E-state index in [0.29, 0.717) is 6.04 Å². The topological polar surface area (TPSA) is 41.1 Å². The van der Waals surface area contributed by atoms with Gasteiger partial charge in [-0.3, -0.25) is 0 Å². The molecule has 1 N–H and O–H groups in total. The van der Waals surface area contributed by atoms with Crippen LogP contribution in [-0.2, 0) is 0 Å². The highest BCUT2D eigenvalue weighted by atomic mass is 15.2. The Morgan fingerprint density at radius 3 is 2.67 bits per heavy atom. The molecule has 1 aliphatic rings. The van der Waals surface area contributed by atoms with Gasteiger partial charge >= 0.3 is 0 Å². The largest absolute Gasteiger partial charge is 0.366 e. The van der Waals surface area contributed by atoms with Crippen molar-refractivity contribution in [3.05, 3.63) is 54.6 Å². The number of hydrogen-bond donors (Lipinski definition) is 1. The number of rotatable bonds is 2.